The highest BCUT2D eigenvalue weighted by molar-refractivity contribution is 4.69. The van der Waals surface area contributed by atoms with Gasteiger partial charge in [-0.25, -0.2) is 0 Å². The second kappa shape index (κ2) is 5.48. The SMILES string of the molecule is C=CCC[C@H](O)CC(C)C. The molecule has 0 heterocycles. The van der Waals surface area contributed by atoms with E-state index in [1.54, 1.807) is 0 Å². The van der Waals surface area contributed by atoms with E-state index in [0.29, 0.717) is 5.92 Å². The van der Waals surface area contributed by atoms with Gasteiger partial charge < -0.3 is 5.11 Å². The molecule has 0 rings (SSSR count). The summed E-state index contributed by atoms with van der Waals surface area (Å²) in [6.45, 7) is 7.84. The molecule has 0 spiro atoms. The van der Waals surface area contributed by atoms with Crippen LogP contribution in [0.3, 0.4) is 0 Å². The summed E-state index contributed by atoms with van der Waals surface area (Å²) in [5.41, 5.74) is 0. The van der Waals surface area contributed by atoms with Gasteiger partial charge in [0.25, 0.3) is 0 Å². The zero-order valence-corrected chi connectivity index (χ0v) is 7.01. The van der Waals surface area contributed by atoms with E-state index in [1.165, 1.54) is 0 Å². The molecule has 10 heavy (non-hydrogen) atoms. The van der Waals surface area contributed by atoms with Crippen molar-refractivity contribution in [2.75, 3.05) is 0 Å². The molecule has 0 amide bonds. The molecule has 0 fully saturated rings. The second-order valence-corrected chi connectivity index (χ2v) is 3.15. The Balaban J connectivity index is 3.24. The largest absolute Gasteiger partial charge is 0.393 e. The molecule has 1 atom stereocenters. The first-order valence-corrected chi connectivity index (χ1v) is 3.95. The number of rotatable bonds is 5. The lowest BCUT2D eigenvalue weighted by molar-refractivity contribution is 0.140. The summed E-state index contributed by atoms with van der Waals surface area (Å²) < 4.78 is 0. The molecule has 0 aliphatic rings. The number of aliphatic hydroxyl groups excluding tert-OH is 1. The van der Waals surface area contributed by atoms with Crippen LogP contribution in [-0.2, 0) is 0 Å². The van der Waals surface area contributed by atoms with Crippen molar-refractivity contribution in [3.05, 3.63) is 12.7 Å². The van der Waals surface area contributed by atoms with E-state index in [-0.39, 0.29) is 6.10 Å². The van der Waals surface area contributed by atoms with Crippen molar-refractivity contribution in [1.82, 2.24) is 0 Å². The van der Waals surface area contributed by atoms with Gasteiger partial charge in [0.1, 0.15) is 0 Å². The van der Waals surface area contributed by atoms with E-state index in [1.807, 2.05) is 6.08 Å². The van der Waals surface area contributed by atoms with E-state index < -0.39 is 0 Å². The molecule has 1 N–H and O–H groups in total. The van der Waals surface area contributed by atoms with E-state index in [0.717, 1.165) is 19.3 Å². The van der Waals surface area contributed by atoms with Crippen LogP contribution >= 0.6 is 0 Å². The highest BCUT2D eigenvalue weighted by Crippen LogP contribution is 2.09. The van der Waals surface area contributed by atoms with Gasteiger partial charge in [0.2, 0.25) is 0 Å². The second-order valence-electron chi connectivity index (χ2n) is 3.15. The van der Waals surface area contributed by atoms with Crippen molar-refractivity contribution in [2.45, 2.75) is 39.2 Å². The van der Waals surface area contributed by atoms with Gasteiger partial charge in [-0.3, -0.25) is 0 Å². The fourth-order valence-electron chi connectivity index (χ4n) is 0.972. The Labute approximate surface area is 63.8 Å². The monoisotopic (exact) mass is 142 g/mol. The maximum Gasteiger partial charge on any atom is 0.0545 e. The zero-order chi connectivity index (χ0) is 7.98. The van der Waals surface area contributed by atoms with Crippen LogP contribution < -0.4 is 0 Å². The van der Waals surface area contributed by atoms with Crippen LogP contribution in [0, 0.1) is 5.92 Å². The molecule has 0 saturated heterocycles. The van der Waals surface area contributed by atoms with Crippen LogP contribution in [0.2, 0.25) is 0 Å². The minimum Gasteiger partial charge on any atom is -0.393 e. The minimum absolute atomic E-state index is 0.127. The average Bonchev–Trinajstić information content (AvgIpc) is 1.82. The molecule has 0 aromatic rings. The predicted octanol–water partition coefficient (Wildman–Crippen LogP) is 2.36. The van der Waals surface area contributed by atoms with Gasteiger partial charge in [0, 0.05) is 0 Å². The summed E-state index contributed by atoms with van der Waals surface area (Å²) in [6.07, 6.45) is 4.42. The lowest BCUT2D eigenvalue weighted by atomic mass is 10.0. The number of aliphatic hydroxyl groups is 1. The first kappa shape index (κ1) is 9.70. The molecule has 0 unspecified atom stereocenters. The van der Waals surface area contributed by atoms with Crippen molar-refractivity contribution in [3.63, 3.8) is 0 Å². The quantitative estimate of drug-likeness (QED) is 0.584. The summed E-state index contributed by atoms with van der Waals surface area (Å²) in [7, 11) is 0. The van der Waals surface area contributed by atoms with Crippen LogP contribution in [0.4, 0.5) is 0 Å². The third kappa shape index (κ3) is 5.83. The van der Waals surface area contributed by atoms with Crippen molar-refractivity contribution < 1.29 is 5.11 Å². The third-order valence-electron chi connectivity index (χ3n) is 1.45. The van der Waals surface area contributed by atoms with Gasteiger partial charge in [0.15, 0.2) is 0 Å². The fraction of sp³-hybridized carbons (Fsp3) is 0.778. The van der Waals surface area contributed by atoms with Gasteiger partial charge in [0.05, 0.1) is 6.10 Å². The zero-order valence-electron chi connectivity index (χ0n) is 7.01. The summed E-state index contributed by atoms with van der Waals surface area (Å²) in [6, 6.07) is 0. The smallest absolute Gasteiger partial charge is 0.0545 e. The normalized spacial score (nSPS) is 13.6. The van der Waals surface area contributed by atoms with Crippen LogP contribution in [0.1, 0.15) is 33.1 Å². The summed E-state index contributed by atoms with van der Waals surface area (Å²) in [4.78, 5) is 0. The van der Waals surface area contributed by atoms with Crippen molar-refractivity contribution >= 4 is 0 Å². The van der Waals surface area contributed by atoms with Crippen molar-refractivity contribution in [2.24, 2.45) is 5.92 Å². The molecule has 0 aliphatic carbocycles. The maximum atomic E-state index is 9.30. The Morgan fingerprint density at radius 2 is 2.10 bits per heavy atom. The number of allylic oxidation sites excluding steroid dienone is 1. The van der Waals surface area contributed by atoms with Crippen LogP contribution in [-0.4, -0.2) is 11.2 Å². The molecule has 0 aromatic heterocycles. The summed E-state index contributed by atoms with van der Waals surface area (Å²) in [5, 5.41) is 9.30. The Morgan fingerprint density at radius 3 is 2.50 bits per heavy atom. The van der Waals surface area contributed by atoms with Gasteiger partial charge in [-0.2, -0.15) is 0 Å². The molecule has 0 bridgehead atoms. The minimum atomic E-state index is -0.127. The molecule has 1 heteroatoms. The van der Waals surface area contributed by atoms with E-state index in [9.17, 15) is 5.11 Å². The van der Waals surface area contributed by atoms with Crippen molar-refractivity contribution in [1.29, 1.82) is 0 Å². The fourth-order valence-corrected chi connectivity index (χ4v) is 0.972. The first-order chi connectivity index (χ1) is 4.66. The van der Waals surface area contributed by atoms with E-state index in [2.05, 4.69) is 20.4 Å². The molecule has 0 radical (unpaired) electrons. The third-order valence-corrected chi connectivity index (χ3v) is 1.45. The number of hydrogen-bond acceptors (Lipinski definition) is 1. The maximum absolute atomic E-state index is 9.30. The van der Waals surface area contributed by atoms with Gasteiger partial charge in [-0.05, 0) is 25.2 Å². The number of hydrogen-bond donors (Lipinski definition) is 1. The lowest BCUT2D eigenvalue weighted by Gasteiger charge is -2.10. The summed E-state index contributed by atoms with van der Waals surface area (Å²) >= 11 is 0. The average molecular weight is 142 g/mol. The first-order valence-electron chi connectivity index (χ1n) is 3.95. The van der Waals surface area contributed by atoms with Gasteiger partial charge in [-0.1, -0.05) is 19.9 Å². The standard InChI is InChI=1S/C9H18O/c1-4-5-6-9(10)7-8(2)3/h4,8-10H,1,5-7H2,2-3H3/t9-/m0/s1. The lowest BCUT2D eigenvalue weighted by Crippen LogP contribution is -2.08. The molecule has 0 aliphatic heterocycles. The van der Waals surface area contributed by atoms with Gasteiger partial charge in [-0.15, -0.1) is 6.58 Å². The molecule has 0 saturated carbocycles. The molecule has 0 aromatic carbocycles. The topological polar surface area (TPSA) is 20.2 Å². The Hall–Kier alpha value is -0.300. The van der Waals surface area contributed by atoms with Crippen LogP contribution in [0.5, 0.6) is 0 Å². The Bertz CT molecular complexity index is 86.7. The Morgan fingerprint density at radius 1 is 1.50 bits per heavy atom. The highest BCUT2D eigenvalue weighted by atomic mass is 16.3. The highest BCUT2D eigenvalue weighted by Gasteiger charge is 2.04. The Kier molecular flexibility index (Phi) is 5.32. The molecular formula is C9H18O. The van der Waals surface area contributed by atoms with Crippen molar-refractivity contribution in [3.8, 4) is 0 Å². The van der Waals surface area contributed by atoms with E-state index in [4.69, 9.17) is 0 Å². The van der Waals surface area contributed by atoms with E-state index >= 15 is 0 Å². The molecule has 60 valence electrons. The summed E-state index contributed by atoms with van der Waals surface area (Å²) in [5.74, 6) is 0.597. The van der Waals surface area contributed by atoms with Crippen LogP contribution in [0.15, 0.2) is 12.7 Å². The molecular weight excluding hydrogens is 124 g/mol. The van der Waals surface area contributed by atoms with Crippen LogP contribution in [0.25, 0.3) is 0 Å². The predicted molar refractivity (Wildman–Crippen MR) is 44.9 cm³/mol. The molecule has 1 nitrogen and oxygen atoms in total. The van der Waals surface area contributed by atoms with Gasteiger partial charge >= 0.3 is 0 Å².